The van der Waals surface area contributed by atoms with E-state index in [2.05, 4.69) is 24.1 Å². The molecule has 0 aliphatic carbocycles. The summed E-state index contributed by atoms with van der Waals surface area (Å²) in [5.41, 5.74) is 1.00. The first-order chi connectivity index (χ1) is 8.43. The number of thiazole rings is 1. The summed E-state index contributed by atoms with van der Waals surface area (Å²) in [5, 5.41) is 4.01. The minimum absolute atomic E-state index is 0.270. The van der Waals surface area contributed by atoms with Gasteiger partial charge in [-0.2, -0.15) is 0 Å². The summed E-state index contributed by atoms with van der Waals surface area (Å²) < 4.78 is 24.7. The molecule has 3 nitrogen and oxygen atoms in total. The largest absolute Gasteiger partial charge is 0.345 e. The second kappa shape index (κ2) is 6.99. The van der Waals surface area contributed by atoms with Crippen LogP contribution in [0.1, 0.15) is 31.3 Å². The van der Waals surface area contributed by atoms with E-state index >= 15 is 0 Å². The molecule has 0 aromatic carbocycles. The maximum absolute atomic E-state index is 12.3. The number of nitrogens with zero attached hydrogens (tertiary/aromatic N) is 2. The molecular weight excluding hydrogens is 256 g/mol. The van der Waals surface area contributed by atoms with Crippen LogP contribution in [0, 0.1) is 0 Å². The third-order valence-corrected chi connectivity index (χ3v) is 3.72. The normalized spacial score (nSPS) is 11.6. The van der Waals surface area contributed by atoms with Gasteiger partial charge in [-0.15, -0.1) is 11.3 Å². The third kappa shape index (κ3) is 4.49. The fourth-order valence-corrected chi connectivity index (χ4v) is 2.60. The Hall–Kier alpha value is -0.750. The molecule has 0 aliphatic heterocycles. The van der Waals surface area contributed by atoms with Crippen molar-refractivity contribution in [2.75, 3.05) is 18.5 Å². The summed E-state index contributed by atoms with van der Waals surface area (Å²) in [6.07, 6.45) is -1.50. The zero-order chi connectivity index (χ0) is 13.7. The highest BCUT2D eigenvalue weighted by molar-refractivity contribution is 7.15. The molecule has 0 spiro atoms. The highest BCUT2D eigenvalue weighted by atomic mass is 32.1. The molecule has 1 heterocycles. The average molecular weight is 277 g/mol. The molecule has 0 bridgehead atoms. The Labute approximate surface area is 111 Å². The molecule has 1 aromatic rings. The van der Waals surface area contributed by atoms with Gasteiger partial charge in [-0.1, -0.05) is 20.8 Å². The second-order valence-electron chi connectivity index (χ2n) is 4.53. The Kier molecular flexibility index (Phi) is 5.95. The number of aryl methyl sites for hydroxylation is 1. The van der Waals surface area contributed by atoms with Gasteiger partial charge in [0.15, 0.2) is 5.13 Å². The highest BCUT2D eigenvalue weighted by Gasteiger charge is 2.15. The Balaban J connectivity index is 2.76. The Morgan fingerprint density at radius 1 is 1.39 bits per heavy atom. The first-order valence-corrected chi connectivity index (χ1v) is 6.96. The Morgan fingerprint density at radius 3 is 2.56 bits per heavy atom. The van der Waals surface area contributed by atoms with Crippen molar-refractivity contribution in [3.63, 3.8) is 0 Å². The molecule has 1 rings (SSSR count). The monoisotopic (exact) mass is 277 g/mol. The molecule has 1 N–H and O–H groups in total. The van der Waals surface area contributed by atoms with Gasteiger partial charge in [0.25, 0.3) is 6.43 Å². The SMILES string of the molecule is CCc1nc(N(C)CC(F)F)sc1CNC(C)C. The van der Waals surface area contributed by atoms with Gasteiger partial charge in [0.05, 0.1) is 12.2 Å². The van der Waals surface area contributed by atoms with Gasteiger partial charge in [-0.3, -0.25) is 0 Å². The zero-order valence-corrected chi connectivity index (χ0v) is 12.2. The number of rotatable bonds is 7. The minimum Gasteiger partial charge on any atom is -0.345 e. The fourth-order valence-electron chi connectivity index (χ4n) is 1.53. The van der Waals surface area contributed by atoms with Crippen LogP contribution in [0.15, 0.2) is 0 Å². The van der Waals surface area contributed by atoms with Gasteiger partial charge >= 0.3 is 0 Å². The van der Waals surface area contributed by atoms with Crippen LogP contribution in [0.5, 0.6) is 0 Å². The predicted octanol–water partition coefficient (Wildman–Crippen LogP) is 2.90. The van der Waals surface area contributed by atoms with E-state index in [-0.39, 0.29) is 6.54 Å². The number of anilines is 1. The number of alkyl halides is 2. The van der Waals surface area contributed by atoms with E-state index in [0.29, 0.717) is 11.2 Å². The fraction of sp³-hybridized carbons (Fsp3) is 0.750. The standard InChI is InChI=1S/C12H21F2N3S/c1-5-9-10(6-15-8(2)3)18-12(16-9)17(4)7-11(13)14/h8,11,15H,5-7H2,1-4H3. The molecule has 18 heavy (non-hydrogen) atoms. The van der Waals surface area contributed by atoms with Gasteiger partial charge in [0.2, 0.25) is 0 Å². The number of hydrogen-bond acceptors (Lipinski definition) is 4. The molecule has 0 radical (unpaired) electrons. The van der Waals surface area contributed by atoms with Crippen LogP contribution in [0.2, 0.25) is 0 Å². The van der Waals surface area contributed by atoms with Gasteiger partial charge in [0.1, 0.15) is 0 Å². The van der Waals surface area contributed by atoms with Crippen LogP contribution in [-0.4, -0.2) is 31.0 Å². The van der Waals surface area contributed by atoms with Crippen molar-refractivity contribution in [3.8, 4) is 0 Å². The average Bonchev–Trinajstić information content (AvgIpc) is 2.68. The molecule has 0 fully saturated rings. The molecule has 0 unspecified atom stereocenters. The van der Waals surface area contributed by atoms with E-state index in [1.54, 1.807) is 7.05 Å². The smallest absolute Gasteiger partial charge is 0.255 e. The Morgan fingerprint density at radius 2 is 2.06 bits per heavy atom. The van der Waals surface area contributed by atoms with Crippen molar-refractivity contribution in [1.82, 2.24) is 10.3 Å². The lowest BCUT2D eigenvalue weighted by Gasteiger charge is -2.14. The van der Waals surface area contributed by atoms with E-state index in [9.17, 15) is 8.78 Å². The lowest BCUT2D eigenvalue weighted by Crippen LogP contribution is -2.23. The van der Waals surface area contributed by atoms with Crippen molar-refractivity contribution in [3.05, 3.63) is 10.6 Å². The molecule has 0 amide bonds. The number of aromatic nitrogens is 1. The van der Waals surface area contributed by atoms with E-state index in [1.165, 1.54) is 16.2 Å². The summed E-state index contributed by atoms with van der Waals surface area (Å²) in [5.74, 6) is 0. The Bertz CT molecular complexity index is 366. The van der Waals surface area contributed by atoms with Crippen molar-refractivity contribution >= 4 is 16.5 Å². The molecule has 0 atom stereocenters. The zero-order valence-electron chi connectivity index (χ0n) is 11.3. The maximum Gasteiger partial charge on any atom is 0.255 e. The van der Waals surface area contributed by atoms with Crippen LogP contribution in [-0.2, 0) is 13.0 Å². The van der Waals surface area contributed by atoms with Gasteiger partial charge in [-0.05, 0) is 6.42 Å². The van der Waals surface area contributed by atoms with Crippen LogP contribution in [0.3, 0.4) is 0 Å². The molecule has 104 valence electrons. The minimum atomic E-state index is -2.33. The number of hydrogen-bond donors (Lipinski definition) is 1. The summed E-state index contributed by atoms with van der Waals surface area (Å²) >= 11 is 1.50. The topological polar surface area (TPSA) is 28.2 Å². The van der Waals surface area contributed by atoms with E-state index < -0.39 is 6.43 Å². The van der Waals surface area contributed by atoms with Crippen molar-refractivity contribution < 1.29 is 8.78 Å². The van der Waals surface area contributed by atoms with Crippen molar-refractivity contribution in [1.29, 1.82) is 0 Å². The van der Waals surface area contributed by atoms with E-state index in [0.717, 1.165) is 23.5 Å². The maximum atomic E-state index is 12.3. The lowest BCUT2D eigenvalue weighted by atomic mass is 10.3. The van der Waals surface area contributed by atoms with Crippen LogP contribution in [0.25, 0.3) is 0 Å². The molecule has 6 heteroatoms. The quantitative estimate of drug-likeness (QED) is 0.830. The van der Waals surface area contributed by atoms with Crippen LogP contribution < -0.4 is 10.2 Å². The van der Waals surface area contributed by atoms with Crippen LogP contribution in [0.4, 0.5) is 13.9 Å². The number of nitrogens with one attached hydrogen (secondary N) is 1. The van der Waals surface area contributed by atoms with Gasteiger partial charge in [0, 0.05) is 24.5 Å². The van der Waals surface area contributed by atoms with Gasteiger partial charge in [-0.25, -0.2) is 13.8 Å². The van der Waals surface area contributed by atoms with E-state index in [4.69, 9.17) is 0 Å². The molecule has 0 saturated heterocycles. The summed E-state index contributed by atoms with van der Waals surface area (Å²) in [7, 11) is 1.66. The molecular formula is C12H21F2N3S. The van der Waals surface area contributed by atoms with Gasteiger partial charge < -0.3 is 10.2 Å². The van der Waals surface area contributed by atoms with Crippen LogP contribution >= 0.6 is 11.3 Å². The second-order valence-corrected chi connectivity index (χ2v) is 5.59. The first-order valence-electron chi connectivity index (χ1n) is 6.15. The summed E-state index contributed by atoms with van der Waals surface area (Å²) in [6.45, 7) is 6.67. The molecule has 0 aliphatic rings. The van der Waals surface area contributed by atoms with Crippen molar-refractivity contribution in [2.45, 2.75) is 46.2 Å². The number of halogens is 2. The van der Waals surface area contributed by atoms with E-state index in [1.807, 2.05) is 6.92 Å². The lowest BCUT2D eigenvalue weighted by molar-refractivity contribution is 0.156. The van der Waals surface area contributed by atoms with Crippen molar-refractivity contribution in [2.24, 2.45) is 0 Å². The highest BCUT2D eigenvalue weighted by Crippen LogP contribution is 2.26. The third-order valence-electron chi connectivity index (χ3n) is 2.51. The predicted molar refractivity (Wildman–Crippen MR) is 72.7 cm³/mol. The molecule has 1 aromatic heterocycles. The summed E-state index contributed by atoms with van der Waals surface area (Å²) in [6, 6.07) is 0.402. The first kappa shape index (κ1) is 15.3. The summed E-state index contributed by atoms with van der Waals surface area (Å²) in [4.78, 5) is 7.09. The molecule has 0 saturated carbocycles.